The first kappa shape index (κ1) is 16.6. The van der Waals surface area contributed by atoms with Gasteiger partial charge in [0.05, 0.1) is 0 Å². The van der Waals surface area contributed by atoms with Crippen molar-refractivity contribution in [3.05, 3.63) is 70.7 Å². The van der Waals surface area contributed by atoms with Crippen molar-refractivity contribution in [2.24, 2.45) is 0 Å². The van der Waals surface area contributed by atoms with Gasteiger partial charge in [-0.15, -0.1) is 23.7 Å². The SMILES string of the molecule is Cl.O=C(/C=C/c1cncc2ccccc12)c1c(Cl)nc2sccn12. The second kappa shape index (κ2) is 6.73. The number of aromatic nitrogens is 3. The van der Waals surface area contributed by atoms with Crippen LogP contribution in [0.3, 0.4) is 0 Å². The van der Waals surface area contributed by atoms with Gasteiger partial charge in [0.2, 0.25) is 5.78 Å². The number of nitrogens with zero attached hydrogens (tertiary/aromatic N) is 3. The molecule has 0 N–H and O–H groups in total. The van der Waals surface area contributed by atoms with E-state index < -0.39 is 0 Å². The predicted molar refractivity (Wildman–Crippen MR) is 100 cm³/mol. The third-order valence-electron chi connectivity index (χ3n) is 3.57. The fourth-order valence-corrected chi connectivity index (χ4v) is 3.53. The average Bonchev–Trinajstić information content (AvgIpc) is 3.12. The molecule has 3 aromatic heterocycles. The minimum Gasteiger partial charge on any atom is -0.287 e. The molecule has 120 valence electrons. The molecule has 0 radical (unpaired) electrons. The molecule has 0 fully saturated rings. The smallest absolute Gasteiger partial charge is 0.205 e. The molecule has 0 spiro atoms. The molecule has 24 heavy (non-hydrogen) atoms. The predicted octanol–water partition coefficient (Wildman–Crippen LogP) is 4.92. The molecule has 3 heterocycles. The maximum atomic E-state index is 12.5. The molecule has 1 aromatic carbocycles. The van der Waals surface area contributed by atoms with Crippen molar-refractivity contribution >= 4 is 62.9 Å². The van der Waals surface area contributed by atoms with Gasteiger partial charge in [-0.2, -0.15) is 0 Å². The lowest BCUT2D eigenvalue weighted by atomic mass is 10.1. The largest absolute Gasteiger partial charge is 0.287 e. The lowest BCUT2D eigenvalue weighted by molar-refractivity contribution is 0.104. The molecule has 0 aliphatic heterocycles. The normalized spacial score (nSPS) is 11.2. The van der Waals surface area contributed by atoms with Crippen LogP contribution in [0.4, 0.5) is 0 Å². The molecule has 0 saturated heterocycles. The number of carbonyl (C=O) groups excluding carboxylic acids is 1. The number of halogens is 2. The molecule has 0 saturated carbocycles. The van der Waals surface area contributed by atoms with Gasteiger partial charge in [-0.1, -0.05) is 35.9 Å². The Morgan fingerprint density at radius 2 is 2.08 bits per heavy atom. The Labute approximate surface area is 152 Å². The number of benzene rings is 1. The van der Waals surface area contributed by atoms with Crippen LogP contribution < -0.4 is 0 Å². The number of hydrogen-bond acceptors (Lipinski definition) is 4. The zero-order valence-electron chi connectivity index (χ0n) is 12.2. The molecule has 7 heteroatoms. The summed E-state index contributed by atoms with van der Waals surface area (Å²) in [4.78, 5) is 21.6. The first-order valence-electron chi connectivity index (χ1n) is 6.90. The lowest BCUT2D eigenvalue weighted by Gasteiger charge is -2.00. The van der Waals surface area contributed by atoms with E-state index >= 15 is 0 Å². The van der Waals surface area contributed by atoms with Gasteiger partial charge in [0.25, 0.3) is 0 Å². The molecule has 0 aliphatic rings. The molecule has 4 rings (SSSR count). The van der Waals surface area contributed by atoms with E-state index in [0.717, 1.165) is 16.3 Å². The number of hydrogen-bond donors (Lipinski definition) is 0. The average molecular weight is 376 g/mol. The van der Waals surface area contributed by atoms with Crippen LogP contribution in [-0.2, 0) is 0 Å². The molecular formula is C17H11Cl2N3OS. The van der Waals surface area contributed by atoms with E-state index in [1.807, 2.05) is 29.6 Å². The van der Waals surface area contributed by atoms with Gasteiger partial charge in [-0.05, 0) is 17.5 Å². The zero-order valence-corrected chi connectivity index (χ0v) is 14.6. The topological polar surface area (TPSA) is 47.3 Å². The summed E-state index contributed by atoms with van der Waals surface area (Å²) in [6.07, 6.45) is 8.61. The number of carbonyl (C=O) groups is 1. The quantitative estimate of drug-likeness (QED) is 0.377. The summed E-state index contributed by atoms with van der Waals surface area (Å²) in [5.74, 6) is -0.186. The highest BCUT2D eigenvalue weighted by Gasteiger charge is 2.16. The highest BCUT2D eigenvalue weighted by molar-refractivity contribution is 7.15. The van der Waals surface area contributed by atoms with E-state index in [2.05, 4.69) is 9.97 Å². The van der Waals surface area contributed by atoms with Crippen LogP contribution >= 0.6 is 35.3 Å². The van der Waals surface area contributed by atoms with E-state index in [1.54, 1.807) is 29.1 Å². The summed E-state index contributed by atoms with van der Waals surface area (Å²) in [6, 6.07) is 7.92. The summed E-state index contributed by atoms with van der Waals surface area (Å²) >= 11 is 7.53. The third kappa shape index (κ3) is 2.82. The van der Waals surface area contributed by atoms with Gasteiger partial charge in [-0.3, -0.25) is 14.2 Å². The zero-order chi connectivity index (χ0) is 15.8. The van der Waals surface area contributed by atoms with Crippen molar-refractivity contribution in [1.82, 2.24) is 14.4 Å². The van der Waals surface area contributed by atoms with Crippen molar-refractivity contribution < 1.29 is 4.79 Å². The molecule has 4 aromatic rings. The third-order valence-corrected chi connectivity index (χ3v) is 4.59. The minimum absolute atomic E-state index is 0. The molecule has 0 aliphatic carbocycles. The molecule has 0 atom stereocenters. The van der Waals surface area contributed by atoms with Crippen molar-refractivity contribution in [2.75, 3.05) is 0 Å². The number of imidazole rings is 1. The fourth-order valence-electron chi connectivity index (χ4n) is 2.50. The number of pyridine rings is 1. The molecule has 0 unspecified atom stereocenters. The first-order chi connectivity index (χ1) is 11.2. The highest BCUT2D eigenvalue weighted by Crippen LogP contribution is 2.23. The molecule has 0 amide bonds. The Bertz CT molecular complexity index is 1060. The van der Waals surface area contributed by atoms with E-state index in [0.29, 0.717) is 10.7 Å². The van der Waals surface area contributed by atoms with Crippen molar-refractivity contribution in [1.29, 1.82) is 0 Å². The number of thiazole rings is 1. The van der Waals surface area contributed by atoms with Crippen molar-refractivity contribution in [3.63, 3.8) is 0 Å². The maximum Gasteiger partial charge on any atom is 0.205 e. The van der Waals surface area contributed by atoms with E-state index in [1.165, 1.54) is 17.4 Å². The monoisotopic (exact) mass is 375 g/mol. The summed E-state index contributed by atoms with van der Waals surface area (Å²) in [7, 11) is 0. The standard InChI is InChI=1S/C17H10ClN3OS.ClH/c18-16-15(21-7-8-23-17(21)20-16)14(22)6-5-12-10-19-9-11-3-1-2-4-13(11)12;/h1-10H;1H/b6-5+;. The number of ketones is 1. The van der Waals surface area contributed by atoms with E-state index in [-0.39, 0.29) is 23.3 Å². The van der Waals surface area contributed by atoms with Crippen LogP contribution in [0.25, 0.3) is 21.8 Å². The minimum atomic E-state index is -0.186. The maximum absolute atomic E-state index is 12.5. The Morgan fingerprint density at radius 1 is 1.25 bits per heavy atom. The van der Waals surface area contributed by atoms with E-state index in [9.17, 15) is 4.79 Å². The van der Waals surface area contributed by atoms with Crippen LogP contribution in [0.1, 0.15) is 16.1 Å². The summed E-state index contributed by atoms with van der Waals surface area (Å²) in [5, 5.41) is 4.17. The van der Waals surface area contributed by atoms with Crippen molar-refractivity contribution in [2.45, 2.75) is 0 Å². The second-order valence-electron chi connectivity index (χ2n) is 4.95. The summed E-state index contributed by atoms with van der Waals surface area (Å²) < 4.78 is 1.71. The van der Waals surface area contributed by atoms with Gasteiger partial charge in [-0.25, -0.2) is 4.98 Å². The Balaban J connectivity index is 0.00000169. The Hall–Kier alpha value is -2.21. The van der Waals surface area contributed by atoms with Crippen LogP contribution in [0, 0.1) is 0 Å². The molecule has 4 nitrogen and oxygen atoms in total. The Kier molecular flexibility index (Phi) is 4.66. The lowest BCUT2D eigenvalue weighted by Crippen LogP contribution is -1.99. The van der Waals surface area contributed by atoms with Crippen LogP contribution in [0.15, 0.2) is 54.3 Å². The van der Waals surface area contributed by atoms with Crippen LogP contribution in [0.2, 0.25) is 5.15 Å². The van der Waals surface area contributed by atoms with Crippen LogP contribution in [0.5, 0.6) is 0 Å². The van der Waals surface area contributed by atoms with Gasteiger partial charge < -0.3 is 0 Å². The summed E-state index contributed by atoms with van der Waals surface area (Å²) in [5.41, 5.74) is 1.27. The number of rotatable bonds is 3. The number of allylic oxidation sites excluding steroid dienone is 1. The van der Waals surface area contributed by atoms with Gasteiger partial charge >= 0.3 is 0 Å². The van der Waals surface area contributed by atoms with Gasteiger partial charge in [0.1, 0.15) is 5.69 Å². The first-order valence-corrected chi connectivity index (χ1v) is 8.16. The van der Waals surface area contributed by atoms with Gasteiger partial charge in [0, 0.05) is 34.9 Å². The van der Waals surface area contributed by atoms with Gasteiger partial charge in [0.15, 0.2) is 10.1 Å². The van der Waals surface area contributed by atoms with E-state index in [4.69, 9.17) is 11.6 Å². The fraction of sp³-hybridized carbons (Fsp3) is 0. The Morgan fingerprint density at radius 3 is 2.96 bits per heavy atom. The highest BCUT2D eigenvalue weighted by atomic mass is 35.5. The second-order valence-corrected chi connectivity index (χ2v) is 6.19. The molecule has 0 bridgehead atoms. The van der Waals surface area contributed by atoms with Crippen molar-refractivity contribution in [3.8, 4) is 0 Å². The van der Waals surface area contributed by atoms with Crippen LogP contribution in [-0.4, -0.2) is 20.2 Å². The summed E-state index contributed by atoms with van der Waals surface area (Å²) in [6.45, 7) is 0. The number of fused-ring (bicyclic) bond motifs is 2. The molecular weight excluding hydrogens is 365 g/mol.